The molecular weight excluding hydrogens is 345 g/mol. The molecule has 2 heterocycles. The van der Waals surface area contributed by atoms with Crippen molar-refractivity contribution in [3.05, 3.63) is 29.6 Å². The van der Waals surface area contributed by atoms with E-state index in [0.717, 1.165) is 39.4 Å². The number of likely N-dealkylation sites (tertiary alicyclic amines) is 1. The van der Waals surface area contributed by atoms with Crippen molar-refractivity contribution in [2.75, 3.05) is 13.1 Å². The van der Waals surface area contributed by atoms with Crippen LogP contribution in [0.2, 0.25) is 0 Å². The number of nitrogens with zero attached hydrogens (tertiary/aromatic N) is 4. The van der Waals surface area contributed by atoms with E-state index in [2.05, 4.69) is 22.6 Å². The summed E-state index contributed by atoms with van der Waals surface area (Å²) in [7, 11) is 7.98. The first-order valence-electron chi connectivity index (χ1n) is 9.29. The second kappa shape index (κ2) is 7.86. The van der Waals surface area contributed by atoms with Crippen LogP contribution in [0.15, 0.2) is 18.3 Å². The Morgan fingerprint density at radius 2 is 1.93 bits per heavy atom. The zero-order valence-electron chi connectivity index (χ0n) is 16.6. The van der Waals surface area contributed by atoms with Crippen molar-refractivity contribution in [3.63, 3.8) is 0 Å². The van der Waals surface area contributed by atoms with Gasteiger partial charge in [-0.25, -0.2) is 0 Å². The van der Waals surface area contributed by atoms with Crippen molar-refractivity contribution in [3.8, 4) is 23.4 Å². The highest BCUT2D eigenvalue weighted by molar-refractivity contribution is 6.62. The molecule has 1 aromatic heterocycles. The highest BCUT2D eigenvalue weighted by Crippen LogP contribution is 2.16. The molecule has 1 aliphatic rings. The van der Waals surface area contributed by atoms with Gasteiger partial charge < -0.3 is 10.2 Å². The zero-order valence-corrected chi connectivity index (χ0v) is 16.6. The number of nitrogens with one attached hydrogen (secondary N) is 1. The second-order valence-corrected chi connectivity index (χ2v) is 7.30. The summed E-state index contributed by atoms with van der Waals surface area (Å²) in [5.74, 6) is -0.244. The molecule has 1 N–H and O–H groups in total. The van der Waals surface area contributed by atoms with Gasteiger partial charge in [0.2, 0.25) is 0 Å². The van der Waals surface area contributed by atoms with Crippen LogP contribution in [0.5, 0.6) is 0 Å². The predicted octanol–water partition coefficient (Wildman–Crippen LogP) is -5.06. The lowest BCUT2D eigenvalue weighted by molar-refractivity contribution is 0.0934. The number of hydrogen-bond acceptors (Lipinski definition) is 5. The van der Waals surface area contributed by atoms with Crippen LogP contribution in [0, 0.1) is 22.8 Å². The van der Waals surface area contributed by atoms with Crippen LogP contribution in [0.25, 0.3) is 11.1 Å². The first kappa shape index (κ1) is 19.6. The quantitative estimate of drug-likeness (QED) is 0.435. The Bertz CT molecular complexity index is 1040. The Balaban J connectivity index is 1.95. The smallest absolute Gasteiger partial charge is 0.270 e. The first-order valence-corrected chi connectivity index (χ1v) is 9.29. The van der Waals surface area contributed by atoms with Crippen molar-refractivity contribution in [2.24, 2.45) is 0 Å². The molecule has 134 valence electrons. The van der Waals surface area contributed by atoms with Crippen LogP contribution in [0.4, 0.5) is 0 Å². The largest absolute Gasteiger partial charge is 0.346 e. The Morgan fingerprint density at radius 1 is 1.18 bits per heavy atom. The Hall–Kier alpha value is -3.12. The number of nitriles is 2. The molecule has 0 radical (unpaired) electrons. The molecule has 0 bridgehead atoms. The molecule has 10 heteroatoms. The van der Waals surface area contributed by atoms with E-state index in [1.807, 2.05) is 37.5 Å². The lowest BCUT2D eigenvalue weighted by Crippen LogP contribution is -2.46. The average molecular weight is 365 g/mol. The predicted molar refractivity (Wildman–Crippen MR) is 120 cm³/mol. The van der Waals surface area contributed by atoms with Crippen molar-refractivity contribution >= 4 is 59.1 Å². The maximum Gasteiger partial charge on any atom is 0.270 e. The fraction of sp³-hybridized carbons (Fsp3) is 0.222. The molecular formula is C18H19B4N5O. The van der Waals surface area contributed by atoms with E-state index in [9.17, 15) is 10.1 Å². The van der Waals surface area contributed by atoms with Crippen LogP contribution in [-0.4, -0.2) is 66.3 Å². The second-order valence-electron chi connectivity index (χ2n) is 7.30. The normalized spacial score (nSPS) is 15.6. The van der Waals surface area contributed by atoms with Crippen molar-refractivity contribution in [1.82, 2.24) is 15.2 Å². The monoisotopic (exact) mass is 365 g/mol. The lowest BCUT2D eigenvalue weighted by Gasteiger charge is -2.19. The van der Waals surface area contributed by atoms with Gasteiger partial charge in [0.15, 0.2) is 6.19 Å². The SMILES string of the molecule is Bc1c(B)c(C#N)c(B)c(-c2ccnc(C(=O)NC3CCN(C#N)C3)c2)c1B. The average Bonchev–Trinajstić information content (AvgIpc) is 3.14. The third kappa shape index (κ3) is 3.51. The van der Waals surface area contributed by atoms with Crippen molar-refractivity contribution < 1.29 is 4.79 Å². The van der Waals surface area contributed by atoms with Crippen LogP contribution in [-0.2, 0) is 0 Å². The molecule has 1 unspecified atom stereocenters. The number of benzene rings is 1. The highest BCUT2D eigenvalue weighted by atomic mass is 16.1. The maximum absolute atomic E-state index is 12.7. The highest BCUT2D eigenvalue weighted by Gasteiger charge is 2.24. The molecule has 0 saturated carbocycles. The molecule has 2 aromatic rings. The standard InChI is InChI=1S/C18H19B4N5O/c19-14-11(6-23)15(20)17(22)16(21)13(14)9-1-3-25-12(5-9)18(28)26-10-2-4-27(7-10)8-24/h1,3,5,10H,2,4,7,19-22H2,(H,26,28). The van der Waals surface area contributed by atoms with E-state index >= 15 is 0 Å². The molecule has 1 saturated heterocycles. The third-order valence-corrected chi connectivity index (χ3v) is 5.68. The minimum absolute atomic E-state index is 0.0483. The number of pyridine rings is 1. The van der Waals surface area contributed by atoms with Gasteiger partial charge >= 0.3 is 0 Å². The van der Waals surface area contributed by atoms with E-state index in [0.29, 0.717) is 24.3 Å². The van der Waals surface area contributed by atoms with E-state index in [1.165, 1.54) is 0 Å². The van der Waals surface area contributed by atoms with Gasteiger partial charge in [0, 0.05) is 30.9 Å². The fourth-order valence-corrected chi connectivity index (χ4v) is 3.88. The van der Waals surface area contributed by atoms with Gasteiger partial charge in [0.05, 0.1) is 6.07 Å². The van der Waals surface area contributed by atoms with E-state index < -0.39 is 0 Å². The van der Waals surface area contributed by atoms with E-state index in [1.54, 1.807) is 17.2 Å². The van der Waals surface area contributed by atoms with Gasteiger partial charge in [-0.1, -0.05) is 21.9 Å². The molecule has 1 aromatic carbocycles. The zero-order chi connectivity index (χ0) is 20.4. The topological polar surface area (TPSA) is 92.8 Å². The van der Waals surface area contributed by atoms with Gasteiger partial charge in [-0.3, -0.25) is 9.78 Å². The number of rotatable bonds is 3. The lowest BCUT2D eigenvalue weighted by atomic mass is 9.63. The van der Waals surface area contributed by atoms with Crippen LogP contribution < -0.4 is 27.2 Å². The third-order valence-electron chi connectivity index (χ3n) is 5.68. The molecule has 1 fully saturated rings. The number of aromatic nitrogens is 1. The van der Waals surface area contributed by atoms with E-state index in [4.69, 9.17) is 5.26 Å². The first-order chi connectivity index (χ1) is 13.4. The number of carbonyl (C=O) groups is 1. The summed E-state index contributed by atoms with van der Waals surface area (Å²) in [6.07, 6.45) is 4.49. The van der Waals surface area contributed by atoms with Gasteiger partial charge in [0.25, 0.3) is 5.91 Å². The minimum Gasteiger partial charge on any atom is -0.346 e. The van der Waals surface area contributed by atoms with Crippen molar-refractivity contribution in [1.29, 1.82) is 10.5 Å². The van der Waals surface area contributed by atoms with Crippen LogP contribution in [0.3, 0.4) is 0 Å². The van der Waals surface area contributed by atoms with Gasteiger partial charge in [-0.2, -0.15) is 10.5 Å². The summed E-state index contributed by atoms with van der Waals surface area (Å²) in [5.41, 5.74) is 6.98. The van der Waals surface area contributed by atoms with E-state index in [-0.39, 0.29) is 11.9 Å². The fourth-order valence-electron chi connectivity index (χ4n) is 3.88. The summed E-state index contributed by atoms with van der Waals surface area (Å²) in [4.78, 5) is 18.5. The Morgan fingerprint density at radius 3 is 2.57 bits per heavy atom. The van der Waals surface area contributed by atoms with Gasteiger partial charge in [-0.15, -0.1) is 0 Å². The number of hydrogen-bond donors (Lipinski definition) is 1. The molecule has 1 atom stereocenters. The van der Waals surface area contributed by atoms with Gasteiger partial charge in [-0.05, 0) is 29.7 Å². The Kier molecular flexibility index (Phi) is 5.51. The summed E-state index contributed by atoms with van der Waals surface area (Å²) in [6, 6.07) is 5.91. The maximum atomic E-state index is 12.7. The molecule has 6 nitrogen and oxygen atoms in total. The summed E-state index contributed by atoms with van der Waals surface area (Å²) in [6.45, 7) is 1.19. The number of amides is 1. The van der Waals surface area contributed by atoms with Crippen LogP contribution >= 0.6 is 0 Å². The molecule has 0 spiro atoms. The molecule has 0 aliphatic carbocycles. The molecule has 1 amide bonds. The molecule has 3 rings (SSSR count). The summed E-state index contributed by atoms with van der Waals surface area (Å²) < 4.78 is 0. The minimum atomic E-state index is -0.244. The summed E-state index contributed by atoms with van der Waals surface area (Å²) >= 11 is 0. The number of carbonyl (C=O) groups excluding carboxylic acids is 1. The molecule has 28 heavy (non-hydrogen) atoms. The van der Waals surface area contributed by atoms with Crippen molar-refractivity contribution in [2.45, 2.75) is 12.5 Å². The molecule has 1 aliphatic heterocycles. The van der Waals surface area contributed by atoms with Gasteiger partial charge in [0.1, 0.15) is 37.1 Å². The summed E-state index contributed by atoms with van der Waals surface area (Å²) in [5, 5.41) is 21.5. The van der Waals surface area contributed by atoms with Crippen LogP contribution in [0.1, 0.15) is 22.5 Å². The Labute approximate surface area is 168 Å².